The van der Waals surface area contributed by atoms with Gasteiger partial charge in [-0.1, -0.05) is 19.9 Å². The van der Waals surface area contributed by atoms with Crippen LogP contribution >= 0.6 is 0 Å². The molecule has 18 heavy (non-hydrogen) atoms. The zero-order valence-corrected chi connectivity index (χ0v) is 11.5. The van der Waals surface area contributed by atoms with Crippen LogP contribution in [-0.4, -0.2) is 36.8 Å². The van der Waals surface area contributed by atoms with E-state index in [9.17, 15) is 0 Å². The Morgan fingerprint density at radius 2 is 2.33 bits per heavy atom. The molecule has 1 aliphatic rings. The molecule has 1 saturated heterocycles. The SMILES string of the molecule is CC(C)NCc1ccc(N2CCOC(C)C2)nc1. The van der Waals surface area contributed by atoms with Crippen molar-refractivity contribution in [3.05, 3.63) is 23.9 Å². The molecule has 0 amide bonds. The van der Waals surface area contributed by atoms with Crippen molar-refractivity contribution in [2.75, 3.05) is 24.6 Å². The normalized spacial score (nSPS) is 20.4. The molecule has 1 aromatic rings. The summed E-state index contributed by atoms with van der Waals surface area (Å²) in [5.41, 5.74) is 1.23. The maximum atomic E-state index is 5.54. The number of rotatable bonds is 4. The second kappa shape index (κ2) is 6.16. The van der Waals surface area contributed by atoms with E-state index in [2.05, 4.69) is 48.1 Å². The summed E-state index contributed by atoms with van der Waals surface area (Å²) in [6.45, 7) is 9.93. The lowest BCUT2D eigenvalue weighted by atomic mass is 10.2. The lowest BCUT2D eigenvalue weighted by molar-refractivity contribution is 0.0529. The average Bonchev–Trinajstić information content (AvgIpc) is 2.37. The van der Waals surface area contributed by atoms with Gasteiger partial charge in [0.15, 0.2) is 0 Å². The van der Waals surface area contributed by atoms with Crippen LogP contribution < -0.4 is 10.2 Å². The fourth-order valence-electron chi connectivity index (χ4n) is 2.06. The molecule has 0 saturated carbocycles. The Balaban J connectivity index is 1.94. The quantitative estimate of drug-likeness (QED) is 0.883. The second-order valence-electron chi connectivity index (χ2n) is 5.19. The van der Waals surface area contributed by atoms with Crippen molar-refractivity contribution in [3.8, 4) is 0 Å². The molecule has 1 atom stereocenters. The summed E-state index contributed by atoms with van der Waals surface area (Å²) in [4.78, 5) is 6.83. The maximum absolute atomic E-state index is 5.54. The Hall–Kier alpha value is -1.13. The molecule has 1 unspecified atom stereocenters. The number of nitrogens with zero attached hydrogens (tertiary/aromatic N) is 2. The third-order valence-electron chi connectivity index (χ3n) is 3.09. The van der Waals surface area contributed by atoms with E-state index in [-0.39, 0.29) is 0 Å². The molecule has 1 N–H and O–H groups in total. The lowest BCUT2D eigenvalue weighted by Crippen LogP contribution is -2.41. The number of hydrogen-bond acceptors (Lipinski definition) is 4. The largest absolute Gasteiger partial charge is 0.375 e. The van der Waals surface area contributed by atoms with E-state index in [4.69, 9.17) is 4.74 Å². The van der Waals surface area contributed by atoms with Crippen molar-refractivity contribution < 1.29 is 4.74 Å². The fourth-order valence-corrected chi connectivity index (χ4v) is 2.06. The van der Waals surface area contributed by atoms with Gasteiger partial charge in [-0.05, 0) is 18.6 Å². The molecule has 2 rings (SSSR count). The minimum Gasteiger partial charge on any atom is -0.375 e. The monoisotopic (exact) mass is 249 g/mol. The first-order valence-corrected chi connectivity index (χ1v) is 6.70. The average molecular weight is 249 g/mol. The van der Waals surface area contributed by atoms with E-state index in [1.54, 1.807) is 0 Å². The van der Waals surface area contributed by atoms with Crippen molar-refractivity contribution in [3.63, 3.8) is 0 Å². The van der Waals surface area contributed by atoms with Crippen molar-refractivity contribution in [1.82, 2.24) is 10.3 Å². The van der Waals surface area contributed by atoms with E-state index in [1.807, 2.05) is 6.20 Å². The van der Waals surface area contributed by atoms with Gasteiger partial charge in [0, 0.05) is 31.9 Å². The first-order chi connectivity index (χ1) is 8.65. The van der Waals surface area contributed by atoms with Gasteiger partial charge in [0.05, 0.1) is 12.7 Å². The number of anilines is 1. The Kier molecular flexibility index (Phi) is 4.55. The van der Waals surface area contributed by atoms with Gasteiger partial charge in [-0.3, -0.25) is 0 Å². The van der Waals surface area contributed by atoms with Crippen LogP contribution in [0.2, 0.25) is 0 Å². The Morgan fingerprint density at radius 3 is 2.94 bits per heavy atom. The third kappa shape index (κ3) is 3.68. The van der Waals surface area contributed by atoms with E-state index < -0.39 is 0 Å². The first-order valence-electron chi connectivity index (χ1n) is 6.70. The van der Waals surface area contributed by atoms with E-state index >= 15 is 0 Å². The summed E-state index contributed by atoms with van der Waals surface area (Å²) in [6, 6.07) is 4.76. The number of nitrogens with one attached hydrogen (secondary N) is 1. The Labute approximate surface area is 109 Å². The first kappa shape index (κ1) is 13.3. The zero-order chi connectivity index (χ0) is 13.0. The van der Waals surface area contributed by atoms with Gasteiger partial charge < -0.3 is 15.0 Å². The van der Waals surface area contributed by atoms with Crippen LogP contribution in [-0.2, 0) is 11.3 Å². The van der Waals surface area contributed by atoms with Gasteiger partial charge in [0.1, 0.15) is 5.82 Å². The summed E-state index contributed by atoms with van der Waals surface area (Å²) in [5.74, 6) is 1.05. The van der Waals surface area contributed by atoms with Crippen LogP contribution in [0.25, 0.3) is 0 Å². The molecule has 1 aliphatic heterocycles. The minimum atomic E-state index is 0.294. The molecule has 100 valence electrons. The van der Waals surface area contributed by atoms with Crippen molar-refractivity contribution in [2.24, 2.45) is 0 Å². The van der Waals surface area contributed by atoms with E-state index in [0.717, 1.165) is 32.1 Å². The molecule has 1 fully saturated rings. The van der Waals surface area contributed by atoms with Gasteiger partial charge >= 0.3 is 0 Å². The minimum absolute atomic E-state index is 0.294. The number of aromatic nitrogens is 1. The molecule has 0 aliphatic carbocycles. The van der Waals surface area contributed by atoms with Gasteiger partial charge in [0.25, 0.3) is 0 Å². The molecule has 4 heteroatoms. The molecular weight excluding hydrogens is 226 g/mol. The highest BCUT2D eigenvalue weighted by Gasteiger charge is 2.17. The number of pyridine rings is 1. The molecular formula is C14H23N3O. The molecule has 2 heterocycles. The molecule has 4 nitrogen and oxygen atoms in total. The van der Waals surface area contributed by atoms with E-state index in [0.29, 0.717) is 12.1 Å². The van der Waals surface area contributed by atoms with Crippen molar-refractivity contribution >= 4 is 5.82 Å². The summed E-state index contributed by atoms with van der Waals surface area (Å²) in [6.07, 6.45) is 2.26. The highest BCUT2D eigenvalue weighted by molar-refractivity contribution is 5.39. The van der Waals surface area contributed by atoms with Gasteiger partial charge in [-0.25, -0.2) is 4.98 Å². The van der Waals surface area contributed by atoms with Crippen molar-refractivity contribution in [1.29, 1.82) is 0 Å². The smallest absolute Gasteiger partial charge is 0.128 e. The second-order valence-corrected chi connectivity index (χ2v) is 5.19. The van der Waals surface area contributed by atoms with Crippen molar-refractivity contribution in [2.45, 2.75) is 39.5 Å². The van der Waals surface area contributed by atoms with Gasteiger partial charge in [-0.15, -0.1) is 0 Å². The summed E-state index contributed by atoms with van der Waals surface area (Å²) in [5, 5.41) is 3.39. The molecule has 0 bridgehead atoms. The summed E-state index contributed by atoms with van der Waals surface area (Å²) < 4.78 is 5.54. The third-order valence-corrected chi connectivity index (χ3v) is 3.09. The zero-order valence-electron chi connectivity index (χ0n) is 11.5. The van der Waals surface area contributed by atoms with Crippen LogP contribution in [0.3, 0.4) is 0 Å². The van der Waals surface area contributed by atoms with Crippen LogP contribution in [0.5, 0.6) is 0 Å². The Morgan fingerprint density at radius 1 is 1.50 bits per heavy atom. The summed E-state index contributed by atoms with van der Waals surface area (Å²) >= 11 is 0. The highest BCUT2D eigenvalue weighted by atomic mass is 16.5. The van der Waals surface area contributed by atoms with Crippen LogP contribution in [0, 0.1) is 0 Å². The highest BCUT2D eigenvalue weighted by Crippen LogP contribution is 2.15. The number of morpholine rings is 1. The molecule has 0 radical (unpaired) electrons. The Bertz CT molecular complexity index is 364. The van der Waals surface area contributed by atoms with E-state index in [1.165, 1.54) is 5.56 Å². The van der Waals surface area contributed by atoms with Crippen LogP contribution in [0.4, 0.5) is 5.82 Å². The standard InChI is InChI=1S/C14H23N3O/c1-11(2)15-8-13-4-5-14(16-9-13)17-6-7-18-12(3)10-17/h4-5,9,11-12,15H,6-8,10H2,1-3H3. The predicted octanol–water partition coefficient (Wildman–Crippen LogP) is 1.80. The topological polar surface area (TPSA) is 37.4 Å². The number of hydrogen-bond donors (Lipinski definition) is 1. The molecule has 0 aromatic carbocycles. The maximum Gasteiger partial charge on any atom is 0.128 e. The lowest BCUT2D eigenvalue weighted by Gasteiger charge is -2.32. The fraction of sp³-hybridized carbons (Fsp3) is 0.643. The van der Waals surface area contributed by atoms with Crippen LogP contribution in [0.15, 0.2) is 18.3 Å². The molecule has 0 spiro atoms. The number of ether oxygens (including phenoxy) is 1. The predicted molar refractivity (Wildman–Crippen MR) is 73.8 cm³/mol. The molecule has 1 aromatic heterocycles. The van der Waals surface area contributed by atoms with Crippen LogP contribution in [0.1, 0.15) is 26.3 Å². The van der Waals surface area contributed by atoms with Gasteiger partial charge in [0.2, 0.25) is 0 Å². The van der Waals surface area contributed by atoms with Gasteiger partial charge in [-0.2, -0.15) is 0 Å². The summed E-state index contributed by atoms with van der Waals surface area (Å²) in [7, 11) is 0.